The minimum atomic E-state index is -0.770. The van der Waals surface area contributed by atoms with Gasteiger partial charge in [-0.05, 0) is 40.8 Å². The fourth-order valence-corrected chi connectivity index (χ4v) is 2.36. The number of hydrazine groups is 1. The first kappa shape index (κ1) is 16.6. The second-order valence-corrected chi connectivity index (χ2v) is 5.44. The highest BCUT2D eigenvalue weighted by Crippen LogP contribution is 2.28. The molecule has 0 bridgehead atoms. The highest BCUT2D eigenvalue weighted by Gasteiger charge is 2.20. The lowest BCUT2D eigenvalue weighted by molar-refractivity contribution is -0.393. The summed E-state index contributed by atoms with van der Waals surface area (Å²) in [4.78, 5) is 32.2. The molecular formula is C13H9IN4O5. The van der Waals surface area contributed by atoms with E-state index in [1.165, 1.54) is 0 Å². The third kappa shape index (κ3) is 3.91. The van der Waals surface area contributed by atoms with Crippen molar-refractivity contribution >= 4 is 45.6 Å². The second kappa shape index (κ2) is 7.00. The Kier molecular flexibility index (Phi) is 5.05. The van der Waals surface area contributed by atoms with Crippen molar-refractivity contribution < 1.29 is 14.6 Å². The second-order valence-electron chi connectivity index (χ2n) is 4.27. The van der Waals surface area contributed by atoms with Crippen LogP contribution in [-0.2, 0) is 0 Å². The quantitative estimate of drug-likeness (QED) is 0.428. The summed E-state index contributed by atoms with van der Waals surface area (Å²) in [5.41, 5.74) is 4.17. The molecule has 0 saturated heterocycles. The van der Waals surface area contributed by atoms with Gasteiger partial charge in [-0.2, -0.15) is 0 Å². The Hall–Kier alpha value is -2.76. The Morgan fingerprint density at radius 2 is 1.74 bits per heavy atom. The number of nitrogens with zero attached hydrogens (tertiary/aromatic N) is 2. The number of hydrogen-bond donors (Lipinski definition) is 2. The van der Waals surface area contributed by atoms with E-state index < -0.39 is 27.1 Å². The minimum Gasteiger partial charge on any atom is -0.292 e. The van der Waals surface area contributed by atoms with Gasteiger partial charge in [0.15, 0.2) is 0 Å². The van der Waals surface area contributed by atoms with Crippen molar-refractivity contribution in [2.45, 2.75) is 0 Å². The first-order valence-corrected chi connectivity index (χ1v) is 7.21. The average Bonchev–Trinajstić information content (AvgIpc) is 2.52. The molecule has 0 fully saturated rings. The van der Waals surface area contributed by atoms with Gasteiger partial charge in [0, 0.05) is 9.64 Å². The third-order valence-electron chi connectivity index (χ3n) is 2.82. The van der Waals surface area contributed by atoms with Gasteiger partial charge in [0.1, 0.15) is 5.69 Å². The van der Waals surface area contributed by atoms with Gasteiger partial charge in [0.25, 0.3) is 11.6 Å². The summed E-state index contributed by atoms with van der Waals surface area (Å²) in [5.74, 6) is -0.484. The number of amides is 1. The number of rotatable bonds is 5. The molecule has 0 aliphatic rings. The molecule has 9 nitrogen and oxygen atoms in total. The maximum Gasteiger partial charge on any atom is 0.300 e. The Morgan fingerprint density at radius 1 is 1.04 bits per heavy atom. The van der Waals surface area contributed by atoms with Crippen LogP contribution in [0.5, 0.6) is 0 Å². The summed E-state index contributed by atoms with van der Waals surface area (Å²) >= 11 is 1.99. The lowest BCUT2D eigenvalue weighted by atomic mass is 10.2. The zero-order valence-corrected chi connectivity index (χ0v) is 13.5. The molecule has 0 saturated carbocycles. The highest BCUT2D eigenvalue weighted by molar-refractivity contribution is 14.1. The predicted molar refractivity (Wildman–Crippen MR) is 90.0 cm³/mol. The van der Waals surface area contributed by atoms with Crippen LogP contribution in [0.3, 0.4) is 0 Å². The van der Waals surface area contributed by atoms with Crippen LogP contribution in [0.2, 0.25) is 0 Å². The molecule has 0 aliphatic carbocycles. The van der Waals surface area contributed by atoms with E-state index in [1.807, 2.05) is 22.6 Å². The van der Waals surface area contributed by atoms with E-state index >= 15 is 0 Å². The van der Waals surface area contributed by atoms with Gasteiger partial charge in [0.05, 0.1) is 21.5 Å². The largest absolute Gasteiger partial charge is 0.300 e. The lowest BCUT2D eigenvalue weighted by Crippen LogP contribution is -2.30. The average molecular weight is 428 g/mol. The van der Waals surface area contributed by atoms with E-state index in [4.69, 9.17) is 0 Å². The van der Waals surface area contributed by atoms with Gasteiger partial charge in [-0.25, -0.2) is 0 Å². The molecule has 2 aromatic rings. The number of benzene rings is 2. The van der Waals surface area contributed by atoms with E-state index in [0.717, 1.165) is 18.2 Å². The topological polar surface area (TPSA) is 127 Å². The molecule has 23 heavy (non-hydrogen) atoms. The van der Waals surface area contributed by atoms with Gasteiger partial charge < -0.3 is 0 Å². The zero-order chi connectivity index (χ0) is 17.0. The van der Waals surface area contributed by atoms with Crippen molar-refractivity contribution in [2.75, 3.05) is 5.43 Å². The molecule has 10 heteroatoms. The Balaban J connectivity index is 2.20. The molecule has 0 radical (unpaired) electrons. The van der Waals surface area contributed by atoms with Crippen LogP contribution in [0.25, 0.3) is 0 Å². The number of hydrogen-bond acceptors (Lipinski definition) is 6. The van der Waals surface area contributed by atoms with Crippen LogP contribution in [0.1, 0.15) is 10.4 Å². The highest BCUT2D eigenvalue weighted by atomic mass is 127. The number of anilines is 1. The Labute approximate surface area is 143 Å². The maximum absolute atomic E-state index is 12.0. The number of halogens is 1. The monoisotopic (exact) mass is 428 g/mol. The molecule has 0 aromatic heterocycles. The van der Waals surface area contributed by atoms with Gasteiger partial charge in [0.2, 0.25) is 0 Å². The number of carbonyl (C=O) groups excluding carboxylic acids is 1. The SMILES string of the molecule is O=C(NNc1ccc([N+](=O)[O-])cc1[N+](=O)[O-])c1ccccc1I. The summed E-state index contributed by atoms with van der Waals surface area (Å²) in [6, 6.07) is 9.88. The fourth-order valence-electron chi connectivity index (χ4n) is 1.73. The van der Waals surface area contributed by atoms with E-state index in [-0.39, 0.29) is 5.69 Å². The molecule has 0 heterocycles. The van der Waals surface area contributed by atoms with Gasteiger partial charge in [-0.3, -0.25) is 35.9 Å². The molecule has 0 spiro atoms. The van der Waals surface area contributed by atoms with Crippen molar-refractivity contribution in [3.63, 3.8) is 0 Å². The zero-order valence-electron chi connectivity index (χ0n) is 11.4. The summed E-state index contributed by atoms with van der Waals surface area (Å²) in [7, 11) is 0. The van der Waals surface area contributed by atoms with Crippen LogP contribution in [0, 0.1) is 23.8 Å². The minimum absolute atomic E-state index is 0.0557. The van der Waals surface area contributed by atoms with Crippen molar-refractivity contribution in [1.29, 1.82) is 0 Å². The van der Waals surface area contributed by atoms with Crippen LogP contribution in [0.4, 0.5) is 17.1 Å². The van der Waals surface area contributed by atoms with E-state index in [2.05, 4.69) is 10.9 Å². The summed E-state index contributed by atoms with van der Waals surface area (Å²) in [5, 5.41) is 21.7. The van der Waals surface area contributed by atoms with Crippen molar-refractivity contribution in [2.24, 2.45) is 0 Å². The molecule has 2 aromatic carbocycles. The van der Waals surface area contributed by atoms with Crippen molar-refractivity contribution in [1.82, 2.24) is 5.43 Å². The van der Waals surface area contributed by atoms with Gasteiger partial charge in [-0.1, -0.05) is 12.1 Å². The number of nitro benzene ring substituents is 2. The van der Waals surface area contributed by atoms with E-state index in [0.29, 0.717) is 9.13 Å². The lowest BCUT2D eigenvalue weighted by Gasteiger charge is -2.09. The van der Waals surface area contributed by atoms with Crippen LogP contribution >= 0.6 is 22.6 Å². The van der Waals surface area contributed by atoms with Crippen molar-refractivity contribution in [3.8, 4) is 0 Å². The predicted octanol–water partition coefficient (Wildman–Crippen LogP) is 2.86. The standard InChI is InChI=1S/C13H9IN4O5/c14-10-4-2-1-3-9(10)13(19)16-15-11-6-5-8(17(20)21)7-12(11)18(22)23/h1-7,15H,(H,16,19). The van der Waals surface area contributed by atoms with E-state index in [1.54, 1.807) is 24.3 Å². The number of carbonyl (C=O) groups is 1. The van der Waals surface area contributed by atoms with E-state index in [9.17, 15) is 25.0 Å². The molecule has 0 atom stereocenters. The Morgan fingerprint density at radius 3 is 2.35 bits per heavy atom. The fraction of sp³-hybridized carbons (Fsp3) is 0. The van der Waals surface area contributed by atoms with Crippen LogP contribution in [0.15, 0.2) is 42.5 Å². The van der Waals surface area contributed by atoms with Crippen LogP contribution < -0.4 is 10.9 Å². The van der Waals surface area contributed by atoms with Crippen molar-refractivity contribution in [3.05, 3.63) is 71.8 Å². The molecule has 0 unspecified atom stereocenters. The molecule has 0 aliphatic heterocycles. The molecular weight excluding hydrogens is 419 g/mol. The molecule has 2 rings (SSSR count). The molecule has 1 amide bonds. The molecule has 2 N–H and O–H groups in total. The van der Waals surface area contributed by atoms with Gasteiger partial charge >= 0.3 is 5.69 Å². The first-order chi connectivity index (χ1) is 10.9. The van der Waals surface area contributed by atoms with Crippen LogP contribution in [-0.4, -0.2) is 15.8 Å². The van der Waals surface area contributed by atoms with Gasteiger partial charge in [-0.15, -0.1) is 0 Å². The summed E-state index contributed by atoms with van der Waals surface area (Å²) in [6.45, 7) is 0. The first-order valence-electron chi connectivity index (χ1n) is 6.14. The molecule has 118 valence electrons. The number of non-ortho nitro benzene ring substituents is 1. The third-order valence-corrected chi connectivity index (χ3v) is 3.76. The summed E-state index contributed by atoms with van der Waals surface area (Å²) in [6.07, 6.45) is 0. The maximum atomic E-state index is 12.0. The number of nitro groups is 2. The summed E-state index contributed by atoms with van der Waals surface area (Å²) < 4.78 is 0.711. The number of nitrogens with one attached hydrogen (secondary N) is 2. The Bertz CT molecular complexity index is 796. The smallest absolute Gasteiger partial charge is 0.292 e. The normalized spacial score (nSPS) is 9.96.